The van der Waals surface area contributed by atoms with E-state index < -0.39 is 0 Å². The van der Waals surface area contributed by atoms with E-state index in [4.69, 9.17) is 9.51 Å². The Morgan fingerprint density at radius 2 is 1.86 bits per heavy atom. The molecule has 7 heteroatoms. The molecule has 148 valence electrons. The van der Waals surface area contributed by atoms with Crippen molar-refractivity contribution in [1.82, 2.24) is 19.9 Å². The molecule has 0 radical (unpaired) electrons. The first-order valence-electron chi connectivity index (χ1n) is 9.89. The molecule has 1 atom stereocenters. The van der Waals surface area contributed by atoms with E-state index in [1.165, 1.54) is 4.70 Å². The molecular weight excluding hydrogens is 384 g/mol. The first kappa shape index (κ1) is 18.3. The maximum Gasteiger partial charge on any atom is 0.228 e. The Kier molecular flexibility index (Phi) is 4.77. The van der Waals surface area contributed by atoms with Crippen LogP contribution in [0.3, 0.4) is 0 Å². The highest BCUT2D eigenvalue weighted by Crippen LogP contribution is 2.30. The highest BCUT2D eigenvalue weighted by molar-refractivity contribution is 7.18. The van der Waals surface area contributed by atoms with E-state index in [9.17, 15) is 4.79 Å². The lowest BCUT2D eigenvalue weighted by atomic mass is 10.1. The third kappa shape index (κ3) is 3.52. The number of benzene rings is 2. The minimum Gasteiger partial charge on any atom is -0.356 e. The highest BCUT2D eigenvalue weighted by atomic mass is 32.1. The molecule has 2 aromatic carbocycles. The second-order valence-corrected chi connectivity index (χ2v) is 8.48. The Morgan fingerprint density at radius 3 is 2.69 bits per heavy atom. The normalized spacial score (nSPS) is 16.5. The number of carbonyl (C=O) groups is 1. The fourth-order valence-electron chi connectivity index (χ4n) is 3.90. The van der Waals surface area contributed by atoms with Crippen LogP contribution in [0.25, 0.3) is 21.2 Å². The van der Waals surface area contributed by atoms with Gasteiger partial charge in [-0.3, -0.25) is 9.69 Å². The molecule has 1 fully saturated rings. The number of hydrogen-bond donors (Lipinski definition) is 0. The van der Waals surface area contributed by atoms with E-state index in [-0.39, 0.29) is 18.4 Å². The molecule has 0 N–H and O–H groups in total. The molecule has 29 heavy (non-hydrogen) atoms. The molecule has 3 heterocycles. The fourth-order valence-corrected chi connectivity index (χ4v) is 4.96. The highest BCUT2D eigenvalue weighted by Gasteiger charge is 2.27. The summed E-state index contributed by atoms with van der Waals surface area (Å²) in [5, 5.41) is 6.15. The van der Waals surface area contributed by atoms with Gasteiger partial charge in [-0.25, -0.2) is 4.98 Å². The van der Waals surface area contributed by atoms with Gasteiger partial charge in [0.2, 0.25) is 5.91 Å². The Morgan fingerprint density at radius 1 is 1.10 bits per heavy atom. The molecule has 1 saturated heterocycles. The van der Waals surface area contributed by atoms with Crippen molar-refractivity contribution in [2.75, 3.05) is 26.2 Å². The summed E-state index contributed by atoms with van der Waals surface area (Å²) in [6, 6.07) is 16.2. The maximum atomic E-state index is 12.8. The first-order chi connectivity index (χ1) is 14.2. The summed E-state index contributed by atoms with van der Waals surface area (Å²) in [7, 11) is 0. The van der Waals surface area contributed by atoms with Crippen molar-refractivity contribution in [3.05, 3.63) is 59.2 Å². The third-order valence-electron chi connectivity index (χ3n) is 5.65. The Bertz CT molecular complexity index is 1130. The van der Waals surface area contributed by atoms with Crippen LogP contribution in [-0.2, 0) is 11.2 Å². The molecule has 0 bridgehead atoms. The molecule has 0 saturated carbocycles. The summed E-state index contributed by atoms with van der Waals surface area (Å²) < 4.78 is 6.55. The summed E-state index contributed by atoms with van der Waals surface area (Å²) in [4.78, 5) is 21.9. The summed E-state index contributed by atoms with van der Waals surface area (Å²) in [6.07, 6.45) is 0.282. The predicted molar refractivity (Wildman–Crippen MR) is 114 cm³/mol. The van der Waals surface area contributed by atoms with Crippen molar-refractivity contribution in [3.8, 4) is 0 Å². The molecule has 1 aliphatic rings. The Hall–Kier alpha value is -2.77. The van der Waals surface area contributed by atoms with Gasteiger partial charge in [-0.2, -0.15) is 0 Å². The van der Waals surface area contributed by atoms with Gasteiger partial charge in [0.1, 0.15) is 10.7 Å². The van der Waals surface area contributed by atoms with E-state index in [1.807, 2.05) is 35.2 Å². The van der Waals surface area contributed by atoms with Crippen LogP contribution in [0, 0.1) is 0 Å². The molecular formula is C22H22N4O2S. The van der Waals surface area contributed by atoms with Crippen LogP contribution in [0.4, 0.5) is 0 Å². The Balaban J connectivity index is 1.22. The average Bonchev–Trinajstić information content (AvgIpc) is 3.38. The van der Waals surface area contributed by atoms with Crippen LogP contribution in [0.5, 0.6) is 0 Å². The zero-order valence-corrected chi connectivity index (χ0v) is 17.1. The standard InChI is InChI=1S/C22H22N4O2S/c1-15(22-23-17-7-3-5-9-20(17)29-22)25-10-12-26(13-11-25)21(27)14-18-16-6-2-4-8-19(16)28-24-18/h2-9,15H,10-14H2,1H3. The summed E-state index contributed by atoms with van der Waals surface area (Å²) in [5.74, 6) is 0.108. The van der Waals surface area contributed by atoms with Crippen LogP contribution in [0.15, 0.2) is 53.1 Å². The van der Waals surface area contributed by atoms with Crippen molar-refractivity contribution < 1.29 is 9.32 Å². The molecule has 1 unspecified atom stereocenters. The van der Waals surface area contributed by atoms with Crippen LogP contribution in [-0.4, -0.2) is 52.0 Å². The number of fused-ring (bicyclic) bond motifs is 2. The minimum atomic E-state index is 0.108. The van der Waals surface area contributed by atoms with Crippen molar-refractivity contribution >= 4 is 38.4 Å². The zero-order valence-electron chi connectivity index (χ0n) is 16.2. The fraction of sp³-hybridized carbons (Fsp3) is 0.318. The number of piperazine rings is 1. The van der Waals surface area contributed by atoms with E-state index in [0.29, 0.717) is 0 Å². The quantitative estimate of drug-likeness (QED) is 0.515. The van der Waals surface area contributed by atoms with E-state index in [0.717, 1.165) is 53.4 Å². The molecule has 4 aromatic rings. The number of amides is 1. The van der Waals surface area contributed by atoms with Gasteiger partial charge in [-0.15, -0.1) is 11.3 Å². The van der Waals surface area contributed by atoms with Gasteiger partial charge < -0.3 is 9.42 Å². The number of carbonyl (C=O) groups excluding carboxylic acids is 1. The van der Waals surface area contributed by atoms with Crippen molar-refractivity contribution in [1.29, 1.82) is 0 Å². The van der Waals surface area contributed by atoms with Gasteiger partial charge in [0, 0.05) is 31.6 Å². The lowest BCUT2D eigenvalue weighted by Gasteiger charge is -2.37. The monoisotopic (exact) mass is 406 g/mol. The lowest BCUT2D eigenvalue weighted by Crippen LogP contribution is -2.49. The number of aromatic nitrogens is 2. The van der Waals surface area contributed by atoms with E-state index in [2.05, 4.69) is 35.2 Å². The van der Waals surface area contributed by atoms with Gasteiger partial charge in [0.25, 0.3) is 0 Å². The SMILES string of the molecule is CC(c1nc2ccccc2s1)N1CCN(C(=O)Cc2noc3ccccc23)CC1. The zero-order chi connectivity index (χ0) is 19.8. The second-order valence-electron chi connectivity index (χ2n) is 7.41. The Labute approximate surface area is 172 Å². The molecule has 0 spiro atoms. The predicted octanol–water partition coefficient (Wildman–Crippen LogP) is 3.89. The molecule has 0 aliphatic carbocycles. The van der Waals surface area contributed by atoms with Gasteiger partial charge in [-0.1, -0.05) is 29.4 Å². The largest absolute Gasteiger partial charge is 0.356 e. The van der Waals surface area contributed by atoms with Gasteiger partial charge in [0.05, 0.1) is 22.7 Å². The summed E-state index contributed by atoms with van der Waals surface area (Å²) in [6.45, 7) is 5.36. The first-order valence-corrected chi connectivity index (χ1v) is 10.7. The van der Waals surface area contributed by atoms with Gasteiger partial charge in [-0.05, 0) is 31.2 Å². The number of thiazole rings is 1. The summed E-state index contributed by atoms with van der Waals surface area (Å²) in [5.41, 5.74) is 2.51. The van der Waals surface area contributed by atoms with Crippen molar-refractivity contribution in [3.63, 3.8) is 0 Å². The van der Waals surface area contributed by atoms with E-state index in [1.54, 1.807) is 11.3 Å². The van der Waals surface area contributed by atoms with Crippen LogP contribution in [0.1, 0.15) is 23.7 Å². The molecule has 2 aromatic heterocycles. The van der Waals surface area contributed by atoms with Crippen LogP contribution < -0.4 is 0 Å². The average molecular weight is 407 g/mol. The van der Waals surface area contributed by atoms with E-state index >= 15 is 0 Å². The molecule has 1 amide bonds. The second kappa shape index (κ2) is 7.57. The van der Waals surface area contributed by atoms with Gasteiger partial charge in [0.15, 0.2) is 5.58 Å². The number of hydrogen-bond acceptors (Lipinski definition) is 6. The topological polar surface area (TPSA) is 62.5 Å². The molecule has 6 nitrogen and oxygen atoms in total. The minimum absolute atomic E-state index is 0.108. The van der Waals surface area contributed by atoms with Crippen LogP contribution >= 0.6 is 11.3 Å². The maximum absolute atomic E-state index is 12.8. The summed E-state index contributed by atoms with van der Waals surface area (Å²) >= 11 is 1.76. The van der Waals surface area contributed by atoms with Gasteiger partial charge >= 0.3 is 0 Å². The number of nitrogens with zero attached hydrogens (tertiary/aromatic N) is 4. The smallest absolute Gasteiger partial charge is 0.228 e. The van der Waals surface area contributed by atoms with Crippen molar-refractivity contribution in [2.24, 2.45) is 0 Å². The lowest BCUT2D eigenvalue weighted by molar-refractivity contribution is -0.132. The number of rotatable bonds is 4. The third-order valence-corrected chi connectivity index (χ3v) is 6.86. The number of para-hydroxylation sites is 2. The molecule has 5 rings (SSSR count). The van der Waals surface area contributed by atoms with Crippen molar-refractivity contribution in [2.45, 2.75) is 19.4 Å². The molecule has 1 aliphatic heterocycles. The van der Waals surface area contributed by atoms with Crippen LogP contribution in [0.2, 0.25) is 0 Å².